The Balaban J connectivity index is 2.07. The summed E-state index contributed by atoms with van der Waals surface area (Å²) in [7, 11) is -2.40. The number of carbonyl (C=O) groups excluding carboxylic acids is 1. The Morgan fingerprint density at radius 3 is 2.57 bits per heavy atom. The molecule has 3 rings (SSSR count). The van der Waals surface area contributed by atoms with E-state index >= 15 is 0 Å². The first-order valence-corrected chi connectivity index (χ1v) is 10.5. The molecule has 0 aliphatic rings. The molecule has 0 atom stereocenters. The maximum absolute atomic E-state index is 14.9. The number of anilines is 3. The molecule has 2 N–H and O–H groups in total. The van der Waals surface area contributed by atoms with Crippen molar-refractivity contribution >= 4 is 44.4 Å². The number of hydrogen-bond donors (Lipinski definition) is 2. The highest BCUT2D eigenvalue weighted by Crippen LogP contribution is 2.32. The third-order valence-electron chi connectivity index (χ3n) is 4.15. The second-order valence-corrected chi connectivity index (χ2v) is 8.10. The summed E-state index contributed by atoms with van der Waals surface area (Å²) in [5.41, 5.74) is -0.409. The van der Waals surface area contributed by atoms with Gasteiger partial charge in [-0.3, -0.25) is 9.52 Å². The van der Waals surface area contributed by atoms with Crippen molar-refractivity contribution in [1.29, 1.82) is 0 Å². The van der Waals surface area contributed by atoms with E-state index in [1.807, 2.05) is 0 Å². The van der Waals surface area contributed by atoms with Crippen LogP contribution in [0.25, 0.3) is 11.0 Å². The smallest absolute Gasteiger partial charge is 0.232 e. The van der Waals surface area contributed by atoms with Crippen LogP contribution in [0.2, 0.25) is 0 Å². The standard InChI is InChI=1S/C19H18F2N4O4S/c1-3-8-30(27,28)25-14-5-4-12(20)19(17(14)21)23-13-6-7-15-18(11(13)10-26)24-16(29-2)9-22-15/h4-7,9-10,23,25H,3,8H2,1-2H3. The van der Waals surface area contributed by atoms with Gasteiger partial charge in [-0.15, -0.1) is 0 Å². The molecule has 0 aliphatic carbocycles. The van der Waals surface area contributed by atoms with Gasteiger partial charge in [0.25, 0.3) is 0 Å². The van der Waals surface area contributed by atoms with Crippen LogP contribution in [-0.2, 0) is 10.0 Å². The number of rotatable bonds is 8. The summed E-state index contributed by atoms with van der Waals surface area (Å²) in [5, 5.41) is 2.52. The van der Waals surface area contributed by atoms with Crippen LogP contribution in [0.5, 0.6) is 5.88 Å². The lowest BCUT2D eigenvalue weighted by atomic mass is 10.1. The van der Waals surface area contributed by atoms with Gasteiger partial charge in [0.1, 0.15) is 17.0 Å². The van der Waals surface area contributed by atoms with Crippen LogP contribution in [0, 0.1) is 11.6 Å². The minimum absolute atomic E-state index is 0.00895. The summed E-state index contributed by atoms with van der Waals surface area (Å²) in [6.45, 7) is 1.66. The summed E-state index contributed by atoms with van der Waals surface area (Å²) in [5.74, 6) is -2.18. The fourth-order valence-electron chi connectivity index (χ4n) is 2.78. The lowest BCUT2D eigenvalue weighted by Crippen LogP contribution is -2.17. The van der Waals surface area contributed by atoms with Gasteiger partial charge in [0.2, 0.25) is 15.9 Å². The Labute approximate surface area is 171 Å². The van der Waals surface area contributed by atoms with Crippen molar-refractivity contribution < 1.29 is 26.7 Å². The number of fused-ring (bicyclic) bond motifs is 1. The lowest BCUT2D eigenvalue weighted by molar-refractivity contribution is 0.112. The van der Waals surface area contributed by atoms with Gasteiger partial charge in [-0.25, -0.2) is 27.2 Å². The number of aromatic nitrogens is 2. The number of benzene rings is 2. The highest BCUT2D eigenvalue weighted by Gasteiger charge is 2.20. The summed E-state index contributed by atoms with van der Waals surface area (Å²) in [6.07, 6.45) is 2.17. The zero-order chi connectivity index (χ0) is 21.9. The van der Waals surface area contributed by atoms with E-state index in [-0.39, 0.29) is 28.4 Å². The molecular formula is C19H18F2N4O4S. The number of nitrogens with one attached hydrogen (secondary N) is 2. The molecule has 0 fully saturated rings. The average Bonchev–Trinajstić information content (AvgIpc) is 2.72. The minimum Gasteiger partial charge on any atom is -0.480 e. The number of methoxy groups -OCH3 is 1. The molecule has 158 valence electrons. The van der Waals surface area contributed by atoms with Crippen molar-refractivity contribution in [2.75, 3.05) is 22.9 Å². The van der Waals surface area contributed by atoms with Crippen molar-refractivity contribution in [2.24, 2.45) is 0 Å². The van der Waals surface area contributed by atoms with E-state index in [9.17, 15) is 22.0 Å². The second kappa shape index (κ2) is 8.57. The maximum Gasteiger partial charge on any atom is 0.232 e. The summed E-state index contributed by atoms with van der Waals surface area (Å²) in [6, 6.07) is 4.83. The van der Waals surface area contributed by atoms with Gasteiger partial charge < -0.3 is 10.1 Å². The van der Waals surface area contributed by atoms with E-state index in [1.165, 1.54) is 25.4 Å². The van der Waals surface area contributed by atoms with E-state index in [1.54, 1.807) is 6.92 Å². The van der Waals surface area contributed by atoms with Crippen LogP contribution in [0.3, 0.4) is 0 Å². The third kappa shape index (κ3) is 4.30. The van der Waals surface area contributed by atoms with Crippen LogP contribution in [0.1, 0.15) is 23.7 Å². The Morgan fingerprint density at radius 2 is 1.90 bits per heavy atom. The van der Waals surface area contributed by atoms with Crippen molar-refractivity contribution in [3.8, 4) is 5.88 Å². The van der Waals surface area contributed by atoms with Crippen LogP contribution < -0.4 is 14.8 Å². The van der Waals surface area contributed by atoms with Gasteiger partial charge in [-0.2, -0.15) is 0 Å². The molecule has 0 bridgehead atoms. The molecule has 2 aromatic carbocycles. The van der Waals surface area contributed by atoms with Crippen molar-refractivity contribution in [3.05, 3.63) is 47.7 Å². The number of ether oxygens (including phenoxy) is 1. The van der Waals surface area contributed by atoms with Gasteiger partial charge in [0.05, 0.1) is 41.5 Å². The molecular weight excluding hydrogens is 418 g/mol. The fourth-order valence-corrected chi connectivity index (χ4v) is 3.91. The first-order chi connectivity index (χ1) is 14.3. The predicted molar refractivity (Wildman–Crippen MR) is 109 cm³/mol. The molecule has 0 radical (unpaired) electrons. The molecule has 0 amide bonds. The molecule has 11 heteroatoms. The van der Waals surface area contributed by atoms with Gasteiger partial charge in [0, 0.05) is 0 Å². The highest BCUT2D eigenvalue weighted by atomic mass is 32.2. The van der Waals surface area contributed by atoms with Gasteiger partial charge in [-0.05, 0) is 30.7 Å². The molecule has 0 saturated carbocycles. The normalized spacial score (nSPS) is 11.3. The largest absolute Gasteiger partial charge is 0.480 e. The van der Waals surface area contributed by atoms with E-state index in [2.05, 4.69) is 20.0 Å². The van der Waals surface area contributed by atoms with Gasteiger partial charge in [0.15, 0.2) is 12.1 Å². The first-order valence-electron chi connectivity index (χ1n) is 8.84. The monoisotopic (exact) mass is 436 g/mol. The molecule has 1 heterocycles. The molecule has 8 nitrogen and oxygen atoms in total. The van der Waals surface area contributed by atoms with Gasteiger partial charge >= 0.3 is 0 Å². The third-order valence-corrected chi connectivity index (χ3v) is 5.62. The SMILES string of the molecule is CCCS(=O)(=O)Nc1ccc(F)c(Nc2ccc3ncc(OC)nc3c2C=O)c1F. The number of halogens is 2. The summed E-state index contributed by atoms with van der Waals surface area (Å²) in [4.78, 5) is 20.0. The van der Waals surface area contributed by atoms with Crippen LogP contribution >= 0.6 is 0 Å². The van der Waals surface area contributed by atoms with Crippen LogP contribution in [0.15, 0.2) is 30.5 Å². The molecule has 1 aromatic heterocycles. The van der Waals surface area contributed by atoms with E-state index in [4.69, 9.17) is 4.74 Å². The molecule has 0 unspecified atom stereocenters. The average molecular weight is 436 g/mol. The van der Waals surface area contributed by atoms with E-state index < -0.39 is 33.0 Å². The number of nitrogens with zero attached hydrogens (tertiary/aromatic N) is 2. The minimum atomic E-state index is -3.79. The molecule has 0 saturated heterocycles. The Morgan fingerprint density at radius 1 is 1.17 bits per heavy atom. The molecule has 0 spiro atoms. The fraction of sp³-hybridized carbons (Fsp3) is 0.211. The Hall–Kier alpha value is -3.34. The van der Waals surface area contributed by atoms with Crippen LogP contribution in [0.4, 0.5) is 25.8 Å². The Kier molecular flexibility index (Phi) is 6.11. The van der Waals surface area contributed by atoms with E-state index in [0.29, 0.717) is 18.2 Å². The molecule has 30 heavy (non-hydrogen) atoms. The van der Waals surface area contributed by atoms with Crippen molar-refractivity contribution in [2.45, 2.75) is 13.3 Å². The predicted octanol–water partition coefficient (Wildman–Crippen LogP) is 3.62. The van der Waals surface area contributed by atoms with Crippen molar-refractivity contribution in [1.82, 2.24) is 9.97 Å². The highest BCUT2D eigenvalue weighted by molar-refractivity contribution is 7.92. The van der Waals surface area contributed by atoms with Gasteiger partial charge in [-0.1, -0.05) is 6.92 Å². The first kappa shape index (κ1) is 21.4. The van der Waals surface area contributed by atoms with E-state index in [0.717, 1.165) is 12.1 Å². The number of carbonyl (C=O) groups is 1. The molecule has 3 aromatic rings. The number of sulfonamides is 1. The lowest BCUT2D eigenvalue weighted by Gasteiger charge is -2.15. The number of hydrogen-bond acceptors (Lipinski definition) is 7. The topological polar surface area (TPSA) is 110 Å². The number of aldehydes is 1. The van der Waals surface area contributed by atoms with Crippen LogP contribution in [-0.4, -0.2) is 37.5 Å². The van der Waals surface area contributed by atoms with Crippen molar-refractivity contribution in [3.63, 3.8) is 0 Å². The Bertz CT molecular complexity index is 1220. The zero-order valence-corrected chi connectivity index (χ0v) is 16.9. The maximum atomic E-state index is 14.9. The molecule has 0 aliphatic heterocycles. The summed E-state index contributed by atoms with van der Waals surface area (Å²) >= 11 is 0. The zero-order valence-electron chi connectivity index (χ0n) is 16.1. The summed E-state index contributed by atoms with van der Waals surface area (Å²) < 4.78 is 60.2. The quantitative estimate of drug-likeness (QED) is 0.519. The second-order valence-electron chi connectivity index (χ2n) is 6.25.